The fraction of sp³-hybridized carbons (Fsp3) is 0.538. The van der Waals surface area contributed by atoms with Crippen molar-refractivity contribution in [3.63, 3.8) is 0 Å². The Bertz CT molecular complexity index is 374. The van der Waals surface area contributed by atoms with Crippen LogP contribution in [0.5, 0.6) is 11.5 Å². The van der Waals surface area contributed by atoms with E-state index in [4.69, 9.17) is 15.2 Å². The molecule has 1 saturated carbocycles. The third kappa shape index (κ3) is 3.28. The van der Waals surface area contributed by atoms with Crippen molar-refractivity contribution in [3.8, 4) is 11.5 Å². The molecule has 1 aromatic carbocycles. The molecule has 0 amide bonds. The average Bonchev–Trinajstić information content (AvgIpc) is 3.20. The summed E-state index contributed by atoms with van der Waals surface area (Å²) in [4.78, 5) is 0. The zero-order valence-corrected chi connectivity index (χ0v) is 11.4. The van der Waals surface area contributed by atoms with Crippen molar-refractivity contribution in [2.24, 2.45) is 11.7 Å². The lowest BCUT2D eigenvalue weighted by atomic mass is 9.98. The summed E-state index contributed by atoms with van der Waals surface area (Å²) < 4.78 is 10.4. The number of halogens is 1. The molecular formula is C13H20ClNO3. The Kier molecular flexibility index (Phi) is 5.26. The van der Waals surface area contributed by atoms with Crippen LogP contribution in [0.3, 0.4) is 0 Å². The van der Waals surface area contributed by atoms with Crippen molar-refractivity contribution in [2.45, 2.75) is 25.0 Å². The Morgan fingerprint density at radius 2 is 1.67 bits per heavy atom. The van der Waals surface area contributed by atoms with E-state index < -0.39 is 6.10 Å². The van der Waals surface area contributed by atoms with Crippen LogP contribution < -0.4 is 15.2 Å². The standard InChI is InChI=1S/C13H19NO3.ClH/c1-16-10-5-9(6-11(7-10)17-2)12(14)13(15)8-3-4-8;/h5-8,12-13,15H,3-4,14H2,1-2H3;1H/t12-,13+;/m1./s1. The Labute approximate surface area is 113 Å². The van der Waals surface area contributed by atoms with Gasteiger partial charge in [0.1, 0.15) is 11.5 Å². The van der Waals surface area contributed by atoms with Gasteiger partial charge in [0.25, 0.3) is 0 Å². The van der Waals surface area contributed by atoms with Gasteiger partial charge in [-0.15, -0.1) is 12.4 Å². The molecule has 0 aliphatic heterocycles. The predicted octanol–water partition coefficient (Wildman–Crippen LogP) is 1.90. The first-order chi connectivity index (χ1) is 8.15. The zero-order chi connectivity index (χ0) is 12.4. The summed E-state index contributed by atoms with van der Waals surface area (Å²) in [6.45, 7) is 0. The topological polar surface area (TPSA) is 64.7 Å². The van der Waals surface area contributed by atoms with E-state index in [1.807, 2.05) is 12.1 Å². The third-order valence-corrected chi connectivity index (χ3v) is 3.23. The van der Waals surface area contributed by atoms with Gasteiger partial charge in [-0.3, -0.25) is 0 Å². The van der Waals surface area contributed by atoms with Crippen molar-refractivity contribution in [3.05, 3.63) is 23.8 Å². The molecule has 0 spiro atoms. The summed E-state index contributed by atoms with van der Waals surface area (Å²) in [7, 11) is 3.20. The lowest BCUT2D eigenvalue weighted by molar-refractivity contribution is 0.122. The monoisotopic (exact) mass is 273 g/mol. The van der Waals surface area contributed by atoms with Gasteiger partial charge in [0.15, 0.2) is 0 Å². The van der Waals surface area contributed by atoms with E-state index in [1.54, 1.807) is 20.3 Å². The van der Waals surface area contributed by atoms with Gasteiger partial charge in [-0.25, -0.2) is 0 Å². The molecule has 1 aliphatic carbocycles. The van der Waals surface area contributed by atoms with Crippen LogP contribution in [-0.2, 0) is 0 Å². The minimum Gasteiger partial charge on any atom is -0.497 e. The van der Waals surface area contributed by atoms with Gasteiger partial charge in [0, 0.05) is 6.07 Å². The van der Waals surface area contributed by atoms with E-state index >= 15 is 0 Å². The molecule has 0 bridgehead atoms. The highest BCUT2D eigenvalue weighted by Gasteiger charge is 2.34. The van der Waals surface area contributed by atoms with Gasteiger partial charge in [-0.1, -0.05) is 0 Å². The second-order valence-corrected chi connectivity index (χ2v) is 4.50. The third-order valence-electron chi connectivity index (χ3n) is 3.23. The molecule has 0 unspecified atom stereocenters. The van der Waals surface area contributed by atoms with Crippen molar-refractivity contribution in [1.82, 2.24) is 0 Å². The first kappa shape index (κ1) is 15.1. The van der Waals surface area contributed by atoms with E-state index in [2.05, 4.69) is 0 Å². The molecule has 5 heteroatoms. The number of benzene rings is 1. The molecule has 2 rings (SSSR count). The second kappa shape index (κ2) is 6.27. The number of aliphatic hydroxyl groups is 1. The van der Waals surface area contributed by atoms with Gasteiger partial charge in [-0.05, 0) is 36.5 Å². The highest BCUT2D eigenvalue weighted by Crippen LogP contribution is 2.38. The first-order valence-electron chi connectivity index (χ1n) is 5.82. The summed E-state index contributed by atoms with van der Waals surface area (Å²) in [5, 5.41) is 10.0. The molecule has 0 radical (unpaired) electrons. The number of rotatable bonds is 5. The number of aliphatic hydroxyl groups excluding tert-OH is 1. The highest BCUT2D eigenvalue weighted by atomic mass is 35.5. The van der Waals surface area contributed by atoms with Gasteiger partial charge in [0.2, 0.25) is 0 Å². The van der Waals surface area contributed by atoms with Crippen LogP contribution in [0.2, 0.25) is 0 Å². The van der Waals surface area contributed by atoms with E-state index in [0.29, 0.717) is 17.4 Å². The molecule has 4 nitrogen and oxygen atoms in total. The largest absolute Gasteiger partial charge is 0.497 e. The SMILES string of the molecule is COc1cc(OC)cc([C@@H](N)[C@@H](O)C2CC2)c1.Cl. The van der Waals surface area contributed by atoms with Crippen molar-refractivity contribution >= 4 is 12.4 Å². The fourth-order valence-corrected chi connectivity index (χ4v) is 1.95. The number of hydrogen-bond donors (Lipinski definition) is 2. The fourth-order valence-electron chi connectivity index (χ4n) is 1.95. The minimum absolute atomic E-state index is 0. The van der Waals surface area contributed by atoms with Crippen LogP contribution in [0.15, 0.2) is 18.2 Å². The quantitative estimate of drug-likeness (QED) is 0.860. The van der Waals surface area contributed by atoms with Gasteiger partial charge >= 0.3 is 0 Å². The molecule has 3 N–H and O–H groups in total. The van der Waals surface area contributed by atoms with Crippen molar-refractivity contribution in [1.29, 1.82) is 0 Å². The predicted molar refractivity (Wildman–Crippen MR) is 72.5 cm³/mol. The lowest BCUT2D eigenvalue weighted by Crippen LogP contribution is -2.27. The maximum absolute atomic E-state index is 10.0. The number of nitrogens with two attached hydrogens (primary N) is 1. The van der Waals surface area contributed by atoms with Crippen LogP contribution >= 0.6 is 12.4 Å². The first-order valence-corrected chi connectivity index (χ1v) is 5.82. The van der Waals surface area contributed by atoms with Crippen LogP contribution in [0.1, 0.15) is 24.4 Å². The molecule has 0 aromatic heterocycles. The van der Waals surface area contributed by atoms with Gasteiger partial charge in [-0.2, -0.15) is 0 Å². The smallest absolute Gasteiger partial charge is 0.122 e. The summed E-state index contributed by atoms with van der Waals surface area (Å²) in [6.07, 6.45) is 1.65. The molecule has 0 saturated heterocycles. The lowest BCUT2D eigenvalue weighted by Gasteiger charge is -2.20. The summed E-state index contributed by atoms with van der Waals surface area (Å²) >= 11 is 0. The Morgan fingerprint density at radius 1 is 1.17 bits per heavy atom. The maximum atomic E-state index is 10.0. The second-order valence-electron chi connectivity index (χ2n) is 4.50. The van der Waals surface area contributed by atoms with E-state index in [9.17, 15) is 5.11 Å². The summed E-state index contributed by atoms with van der Waals surface area (Å²) in [5.41, 5.74) is 6.91. The average molecular weight is 274 g/mol. The molecule has 102 valence electrons. The maximum Gasteiger partial charge on any atom is 0.122 e. The van der Waals surface area contributed by atoms with Crippen molar-refractivity contribution in [2.75, 3.05) is 14.2 Å². The molecule has 2 atom stereocenters. The molecule has 1 fully saturated rings. The van der Waals surface area contributed by atoms with Crippen LogP contribution in [0.25, 0.3) is 0 Å². The number of methoxy groups -OCH3 is 2. The summed E-state index contributed by atoms with van der Waals surface area (Å²) in [5.74, 6) is 1.73. The van der Waals surface area contributed by atoms with E-state index in [1.165, 1.54) is 0 Å². The number of hydrogen-bond acceptors (Lipinski definition) is 4. The van der Waals surface area contributed by atoms with Gasteiger partial charge in [0.05, 0.1) is 26.4 Å². The van der Waals surface area contributed by atoms with Crippen LogP contribution in [0.4, 0.5) is 0 Å². The Morgan fingerprint density at radius 3 is 2.06 bits per heavy atom. The zero-order valence-electron chi connectivity index (χ0n) is 10.6. The van der Waals surface area contributed by atoms with Crippen molar-refractivity contribution < 1.29 is 14.6 Å². The molecule has 18 heavy (non-hydrogen) atoms. The van der Waals surface area contributed by atoms with E-state index in [-0.39, 0.29) is 18.4 Å². The highest BCUT2D eigenvalue weighted by molar-refractivity contribution is 5.85. The minimum atomic E-state index is -0.480. The number of ether oxygens (including phenoxy) is 2. The Balaban J connectivity index is 0.00000162. The Hall–Kier alpha value is -0.970. The normalized spacial score (nSPS) is 17.6. The molecule has 0 heterocycles. The van der Waals surface area contributed by atoms with Crippen LogP contribution in [-0.4, -0.2) is 25.4 Å². The van der Waals surface area contributed by atoms with Gasteiger partial charge < -0.3 is 20.3 Å². The van der Waals surface area contributed by atoms with E-state index in [0.717, 1.165) is 18.4 Å². The molecule has 1 aromatic rings. The molecule has 1 aliphatic rings. The summed E-state index contributed by atoms with van der Waals surface area (Å²) in [6, 6.07) is 5.10. The van der Waals surface area contributed by atoms with Crippen LogP contribution in [0, 0.1) is 5.92 Å². The molecular weight excluding hydrogens is 254 g/mol.